The highest BCUT2D eigenvalue weighted by molar-refractivity contribution is 5.45. The summed E-state index contributed by atoms with van der Waals surface area (Å²) in [6.45, 7) is 8.98. The van der Waals surface area contributed by atoms with E-state index in [0.29, 0.717) is 6.41 Å². The molecular formula is C10H25NO2. The number of rotatable bonds is 6. The molecule has 0 saturated carbocycles. The molecule has 0 radical (unpaired) electrons. The van der Waals surface area contributed by atoms with E-state index in [1.54, 1.807) is 0 Å². The number of aliphatic hydroxyl groups excluding tert-OH is 1. The van der Waals surface area contributed by atoms with Gasteiger partial charge in [0.25, 0.3) is 0 Å². The zero-order valence-corrected chi connectivity index (χ0v) is 9.47. The van der Waals surface area contributed by atoms with Crippen LogP contribution in [0.15, 0.2) is 0 Å². The highest BCUT2D eigenvalue weighted by atomic mass is 16.2. The maximum atomic E-state index is 9.68. The van der Waals surface area contributed by atoms with Crippen molar-refractivity contribution in [3.8, 4) is 0 Å². The van der Waals surface area contributed by atoms with Crippen molar-refractivity contribution in [2.75, 3.05) is 13.2 Å². The molecule has 0 aliphatic rings. The van der Waals surface area contributed by atoms with E-state index >= 15 is 0 Å². The van der Waals surface area contributed by atoms with Crippen LogP contribution in [0.25, 0.3) is 0 Å². The fraction of sp³-hybridized carbons (Fsp3) is 0.900. The molecule has 0 aromatic carbocycles. The van der Waals surface area contributed by atoms with Crippen molar-refractivity contribution in [3.63, 3.8) is 0 Å². The molecule has 1 amide bonds. The van der Waals surface area contributed by atoms with E-state index < -0.39 is 0 Å². The third-order valence-electron chi connectivity index (χ3n) is 1.06. The Kier molecular flexibility index (Phi) is 42.2. The molecule has 3 heteroatoms. The van der Waals surface area contributed by atoms with Crippen molar-refractivity contribution in [2.45, 2.75) is 47.0 Å². The Labute approximate surface area is 82.5 Å². The van der Waals surface area contributed by atoms with Crippen LogP contribution in [-0.4, -0.2) is 24.7 Å². The van der Waals surface area contributed by atoms with Crippen LogP contribution in [0.3, 0.4) is 0 Å². The van der Waals surface area contributed by atoms with Gasteiger partial charge in [-0.15, -0.1) is 0 Å². The summed E-state index contributed by atoms with van der Waals surface area (Å²) < 4.78 is 0. The lowest BCUT2D eigenvalue weighted by atomic mass is 10.2. The number of carbonyl (C=O) groups is 1. The second-order valence-corrected chi connectivity index (χ2v) is 1.86. The van der Waals surface area contributed by atoms with Crippen molar-refractivity contribution < 1.29 is 9.90 Å². The summed E-state index contributed by atoms with van der Waals surface area (Å²) in [7, 11) is 0. The second kappa shape index (κ2) is 30.1. The van der Waals surface area contributed by atoms with Gasteiger partial charge in [0.2, 0.25) is 6.41 Å². The molecule has 0 bridgehead atoms. The molecule has 0 unspecified atom stereocenters. The summed E-state index contributed by atoms with van der Waals surface area (Å²) in [5.41, 5.74) is 0. The maximum absolute atomic E-state index is 9.68. The quantitative estimate of drug-likeness (QED) is 0.498. The van der Waals surface area contributed by atoms with Gasteiger partial charge >= 0.3 is 0 Å². The summed E-state index contributed by atoms with van der Waals surface area (Å²) >= 11 is 0. The fourth-order valence-corrected chi connectivity index (χ4v) is 0.575. The molecule has 3 nitrogen and oxygen atoms in total. The van der Waals surface area contributed by atoms with Gasteiger partial charge in [0.1, 0.15) is 0 Å². The predicted molar refractivity (Wildman–Crippen MR) is 57.7 cm³/mol. The molecule has 0 aromatic rings. The molecule has 2 N–H and O–H groups in total. The maximum Gasteiger partial charge on any atom is 0.207 e. The zero-order chi connectivity index (χ0) is 10.9. The van der Waals surface area contributed by atoms with E-state index in [9.17, 15) is 4.79 Å². The van der Waals surface area contributed by atoms with Crippen molar-refractivity contribution in [3.05, 3.63) is 0 Å². The molecule has 0 aromatic heterocycles. The van der Waals surface area contributed by atoms with E-state index in [2.05, 4.69) is 5.32 Å². The SMILES string of the molecule is CC.CC.O=CNCCCCCO. The molecule has 0 saturated heterocycles. The number of hydrogen-bond acceptors (Lipinski definition) is 2. The van der Waals surface area contributed by atoms with Crippen molar-refractivity contribution in [1.82, 2.24) is 5.32 Å². The minimum absolute atomic E-state index is 0.251. The van der Waals surface area contributed by atoms with Gasteiger partial charge in [-0.2, -0.15) is 0 Å². The van der Waals surface area contributed by atoms with Gasteiger partial charge in [-0.3, -0.25) is 4.79 Å². The second-order valence-electron chi connectivity index (χ2n) is 1.86. The average Bonchev–Trinajstić information content (AvgIpc) is 2.24. The fourth-order valence-electron chi connectivity index (χ4n) is 0.575. The van der Waals surface area contributed by atoms with E-state index in [1.165, 1.54) is 0 Å². The topological polar surface area (TPSA) is 49.3 Å². The normalized spacial score (nSPS) is 7.15. The molecule has 0 heterocycles. The summed E-state index contributed by atoms with van der Waals surface area (Å²) in [6, 6.07) is 0. The van der Waals surface area contributed by atoms with E-state index in [-0.39, 0.29) is 6.61 Å². The van der Waals surface area contributed by atoms with Crippen LogP contribution >= 0.6 is 0 Å². The van der Waals surface area contributed by atoms with Gasteiger partial charge in [0.05, 0.1) is 0 Å². The highest BCUT2D eigenvalue weighted by Crippen LogP contribution is 1.90. The Morgan fingerprint density at radius 3 is 2.00 bits per heavy atom. The van der Waals surface area contributed by atoms with Crippen molar-refractivity contribution in [1.29, 1.82) is 0 Å². The Morgan fingerprint density at radius 1 is 1.08 bits per heavy atom. The number of aliphatic hydroxyl groups is 1. The van der Waals surface area contributed by atoms with E-state index in [0.717, 1.165) is 25.8 Å². The molecular weight excluding hydrogens is 166 g/mol. The number of hydrogen-bond donors (Lipinski definition) is 2. The zero-order valence-electron chi connectivity index (χ0n) is 9.47. The molecule has 0 aliphatic carbocycles. The molecule has 0 spiro atoms. The van der Waals surface area contributed by atoms with Crippen LogP contribution in [0.4, 0.5) is 0 Å². The van der Waals surface area contributed by atoms with Crippen LogP contribution in [0.2, 0.25) is 0 Å². The van der Waals surface area contributed by atoms with Crippen molar-refractivity contribution in [2.24, 2.45) is 0 Å². The summed E-state index contributed by atoms with van der Waals surface area (Å²) in [5, 5.41) is 10.9. The molecule has 0 aliphatic heterocycles. The van der Waals surface area contributed by atoms with Gasteiger partial charge in [0, 0.05) is 13.2 Å². The first-order valence-electron chi connectivity index (χ1n) is 5.19. The van der Waals surface area contributed by atoms with E-state index in [4.69, 9.17) is 5.11 Å². The van der Waals surface area contributed by atoms with Crippen LogP contribution in [0, 0.1) is 0 Å². The summed E-state index contributed by atoms with van der Waals surface area (Å²) in [5.74, 6) is 0. The van der Waals surface area contributed by atoms with Crippen LogP contribution < -0.4 is 5.32 Å². The van der Waals surface area contributed by atoms with Gasteiger partial charge in [-0.25, -0.2) is 0 Å². The first-order chi connectivity index (χ1) is 6.41. The van der Waals surface area contributed by atoms with E-state index in [1.807, 2.05) is 27.7 Å². The minimum atomic E-state index is 0.251. The van der Waals surface area contributed by atoms with Gasteiger partial charge < -0.3 is 10.4 Å². The van der Waals surface area contributed by atoms with Gasteiger partial charge in [-0.1, -0.05) is 27.7 Å². The number of nitrogens with one attached hydrogen (secondary N) is 1. The molecule has 0 atom stereocenters. The lowest BCUT2D eigenvalue weighted by Crippen LogP contribution is -2.11. The lowest BCUT2D eigenvalue weighted by Gasteiger charge is -1.95. The lowest BCUT2D eigenvalue weighted by molar-refractivity contribution is -0.109. The first kappa shape index (κ1) is 18.3. The Morgan fingerprint density at radius 2 is 1.62 bits per heavy atom. The molecule has 0 rings (SSSR count). The Balaban J connectivity index is -0.000000218. The monoisotopic (exact) mass is 191 g/mol. The van der Waals surface area contributed by atoms with Crippen LogP contribution in [0.5, 0.6) is 0 Å². The molecule has 0 fully saturated rings. The number of amides is 1. The largest absolute Gasteiger partial charge is 0.396 e. The summed E-state index contributed by atoms with van der Waals surface area (Å²) in [6.07, 6.45) is 3.47. The Hall–Kier alpha value is -0.570. The minimum Gasteiger partial charge on any atom is -0.396 e. The third-order valence-corrected chi connectivity index (χ3v) is 1.06. The molecule has 13 heavy (non-hydrogen) atoms. The van der Waals surface area contributed by atoms with Gasteiger partial charge in [-0.05, 0) is 19.3 Å². The smallest absolute Gasteiger partial charge is 0.207 e. The summed E-state index contributed by atoms with van der Waals surface area (Å²) in [4.78, 5) is 9.68. The Bertz CT molecular complexity index is 67.9. The number of carbonyl (C=O) groups excluding carboxylic acids is 1. The van der Waals surface area contributed by atoms with Crippen LogP contribution in [0.1, 0.15) is 47.0 Å². The van der Waals surface area contributed by atoms with Crippen molar-refractivity contribution >= 4 is 6.41 Å². The highest BCUT2D eigenvalue weighted by Gasteiger charge is 1.84. The van der Waals surface area contributed by atoms with Crippen LogP contribution in [-0.2, 0) is 4.79 Å². The first-order valence-corrected chi connectivity index (χ1v) is 5.19. The molecule has 82 valence electrons. The third kappa shape index (κ3) is 34.5. The number of unbranched alkanes of at least 4 members (excludes halogenated alkanes) is 2. The average molecular weight is 191 g/mol. The van der Waals surface area contributed by atoms with Gasteiger partial charge in [0.15, 0.2) is 0 Å². The predicted octanol–water partition coefficient (Wildman–Crippen LogP) is 1.95. The standard InChI is InChI=1S/C6H13NO2.2C2H6/c8-5-3-1-2-4-7-6-9;2*1-2/h6,8H,1-5H2,(H,7,9);2*1-2H3.